The molecule has 3 heteroatoms. The van der Waals surface area contributed by atoms with Gasteiger partial charge in [-0.1, -0.05) is 47.6 Å². The summed E-state index contributed by atoms with van der Waals surface area (Å²) in [6.07, 6.45) is 0.532. The van der Waals surface area contributed by atoms with Crippen LogP contribution in [0.1, 0.15) is 16.7 Å². The van der Waals surface area contributed by atoms with E-state index in [4.69, 9.17) is 4.74 Å². The van der Waals surface area contributed by atoms with Gasteiger partial charge in [-0.05, 0) is 24.1 Å². The number of oxime groups is 1. The van der Waals surface area contributed by atoms with Crippen molar-refractivity contribution in [3.8, 4) is 5.75 Å². The van der Waals surface area contributed by atoms with E-state index in [0.29, 0.717) is 12.1 Å². The van der Waals surface area contributed by atoms with Crippen LogP contribution < -0.4 is 4.74 Å². The number of hydrogen-bond donors (Lipinski definition) is 1. The number of benzene rings is 2. The zero-order valence-electron chi connectivity index (χ0n) is 11.1. The fourth-order valence-electron chi connectivity index (χ4n) is 2.00. The van der Waals surface area contributed by atoms with E-state index in [1.165, 1.54) is 0 Å². The average molecular weight is 255 g/mol. The summed E-state index contributed by atoms with van der Waals surface area (Å²) in [5.41, 5.74) is 3.68. The number of rotatable bonds is 4. The topological polar surface area (TPSA) is 41.8 Å². The second-order valence-electron chi connectivity index (χ2n) is 4.40. The SMILES string of the molecule is COc1cc(C)ccc1CC(=NO)c1ccccc1. The maximum Gasteiger partial charge on any atom is 0.122 e. The fraction of sp³-hybridized carbons (Fsp3) is 0.188. The van der Waals surface area contributed by atoms with E-state index < -0.39 is 0 Å². The quantitative estimate of drug-likeness (QED) is 0.516. The molecule has 0 aromatic heterocycles. The van der Waals surface area contributed by atoms with Crippen molar-refractivity contribution >= 4 is 5.71 Å². The summed E-state index contributed by atoms with van der Waals surface area (Å²) in [5, 5.41) is 12.6. The van der Waals surface area contributed by atoms with Gasteiger partial charge >= 0.3 is 0 Å². The van der Waals surface area contributed by atoms with Gasteiger partial charge in [-0.15, -0.1) is 0 Å². The highest BCUT2D eigenvalue weighted by atomic mass is 16.5. The lowest BCUT2D eigenvalue weighted by molar-refractivity contribution is 0.318. The van der Waals surface area contributed by atoms with Crippen LogP contribution in [0.25, 0.3) is 0 Å². The summed E-state index contributed by atoms with van der Waals surface area (Å²) in [7, 11) is 1.65. The number of hydrogen-bond acceptors (Lipinski definition) is 3. The predicted molar refractivity (Wildman–Crippen MR) is 76.2 cm³/mol. The first kappa shape index (κ1) is 13.1. The molecule has 0 saturated carbocycles. The Morgan fingerprint density at radius 3 is 2.53 bits per heavy atom. The molecule has 0 radical (unpaired) electrons. The zero-order valence-corrected chi connectivity index (χ0v) is 11.1. The van der Waals surface area contributed by atoms with Crippen LogP contribution in [0, 0.1) is 6.92 Å². The van der Waals surface area contributed by atoms with Gasteiger partial charge in [-0.3, -0.25) is 0 Å². The predicted octanol–water partition coefficient (Wildman–Crippen LogP) is 3.42. The van der Waals surface area contributed by atoms with E-state index in [9.17, 15) is 5.21 Å². The third-order valence-corrected chi connectivity index (χ3v) is 3.03. The number of methoxy groups -OCH3 is 1. The van der Waals surface area contributed by atoms with Gasteiger partial charge in [0.15, 0.2) is 0 Å². The molecule has 0 unspecified atom stereocenters. The van der Waals surface area contributed by atoms with Crippen molar-refractivity contribution in [3.63, 3.8) is 0 Å². The number of aryl methyl sites for hydroxylation is 1. The van der Waals surface area contributed by atoms with Gasteiger partial charge in [-0.2, -0.15) is 0 Å². The van der Waals surface area contributed by atoms with Crippen LogP contribution in [-0.4, -0.2) is 18.0 Å². The Labute approximate surface area is 113 Å². The highest BCUT2D eigenvalue weighted by Gasteiger charge is 2.09. The van der Waals surface area contributed by atoms with Crippen molar-refractivity contribution in [3.05, 3.63) is 65.2 Å². The molecule has 0 aliphatic heterocycles. The maximum atomic E-state index is 9.21. The van der Waals surface area contributed by atoms with Crippen molar-refractivity contribution in [2.45, 2.75) is 13.3 Å². The van der Waals surface area contributed by atoms with Crippen LogP contribution in [0.3, 0.4) is 0 Å². The normalized spacial score (nSPS) is 11.4. The van der Waals surface area contributed by atoms with Crippen LogP contribution in [0.5, 0.6) is 5.75 Å². The lowest BCUT2D eigenvalue weighted by Crippen LogP contribution is -2.06. The second-order valence-corrected chi connectivity index (χ2v) is 4.40. The van der Waals surface area contributed by atoms with E-state index in [1.807, 2.05) is 55.5 Å². The molecule has 0 heterocycles. The minimum atomic E-state index is 0.532. The number of nitrogens with zero attached hydrogens (tertiary/aromatic N) is 1. The molecule has 0 atom stereocenters. The van der Waals surface area contributed by atoms with E-state index in [0.717, 1.165) is 22.4 Å². The smallest absolute Gasteiger partial charge is 0.122 e. The Morgan fingerprint density at radius 2 is 1.89 bits per heavy atom. The Hall–Kier alpha value is -2.29. The van der Waals surface area contributed by atoms with E-state index in [2.05, 4.69) is 5.16 Å². The summed E-state index contributed by atoms with van der Waals surface area (Å²) in [6.45, 7) is 2.02. The van der Waals surface area contributed by atoms with Crippen molar-refractivity contribution in [2.24, 2.45) is 5.16 Å². The second kappa shape index (κ2) is 6.05. The van der Waals surface area contributed by atoms with E-state index in [-0.39, 0.29) is 0 Å². The Balaban J connectivity index is 2.30. The van der Waals surface area contributed by atoms with Gasteiger partial charge < -0.3 is 9.94 Å². The molecule has 0 amide bonds. The van der Waals surface area contributed by atoms with Crippen molar-refractivity contribution in [2.75, 3.05) is 7.11 Å². The highest BCUT2D eigenvalue weighted by molar-refractivity contribution is 6.01. The summed E-state index contributed by atoms with van der Waals surface area (Å²) in [5.74, 6) is 0.817. The van der Waals surface area contributed by atoms with Crippen LogP contribution in [-0.2, 0) is 6.42 Å². The van der Waals surface area contributed by atoms with Crippen LogP contribution >= 0.6 is 0 Å². The minimum Gasteiger partial charge on any atom is -0.496 e. The maximum absolute atomic E-state index is 9.21. The molecule has 2 rings (SSSR count). The van der Waals surface area contributed by atoms with Gasteiger partial charge in [0.05, 0.1) is 12.8 Å². The standard InChI is InChI=1S/C16H17NO2/c1-12-8-9-14(16(10-12)19-2)11-15(17-18)13-6-4-3-5-7-13/h3-10,18H,11H2,1-2H3. The number of ether oxygens (including phenoxy) is 1. The van der Waals surface area contributed by atoms with Crippen LogP contribution in [0.4, 0.5) is 0 Å². The van der Waals surface area contributed by atoms with Crippen molar-refractivity contribution in [1.82, 2.24) is 0 Å². The third-order valence-electron chi connectivity index (χ3n) is 3.03. The first-order chi connectivity index (χ1) is 9.24. The molecule has 2 aromatic carbocycles. The lowest BCUT2D eigenvalue weighted by Gasteiger charge is -2.10. The molecular formula is C16H17NO2. The minimum absolute atomic E-state index is 0.532. The summed E-state index contributed by atoms with van der Waals surface area (Å²) >= 11 is 0. The Morgan fingerprint density at radius 1 is 1.16 bits per heavy atom. The highest BCUT2D eigenvalue weighted by Crippen LogP contribution is 2.22. The molecule has 0 aliphatic rings. The van der Waals surface area contributed by atoms with Crippen LogP contribution in [0.15, 0.2) is 53.7 Å². The third kappa shape index (κ3) is 3.13. The fourth-order valence-corrected chi connectivity index (χ4v) is 2.00. The molecule has 0 bridgehead atoms. The molecule has 19 heavy (non-hydrogen) atoms. The summed E-state index contributed by atoms with van der Waals surface area (Å²) < 4.78 is 5.37. The van der Waals surface area contributed by atoms with E-state index in [1.54, 1.807) is 7.11 Å². The van der Waals surface area contributed by atoms with Crippen LogP contribution in [0.2, 0.25) is 0 Å². The largest absolute Gasteiger partial charge is 0.496 e. The molecular weight excluding hydrogens is 238 g/mol. The monoisotopic (exact) mass is 255 g/mol. The average Bonchev–Trinajstić information content (AvgIpc) is 2.46. The molecule has 0 fully saturated rings. The molecule has 1 N–H and O–H groups in total. The molecule has 98 valence electrons. The van der Waals surface area contributed by atoms with Gasteiger partial charge in [0.25, 0.3) is 0 Å². The first-order valence-corrected chi connectivity index (χ1v) is 6.14. The molecule has 3 nitrogen and oxygen atoms in total. The van der Waals surface area contributed by atoms with Gasteiger partial charge in [0.2, 0.25) is 0 Å². The van der Waals surface area contributed by atoms with Gasteiger partial charge in [0.1, 0.15) is 5.75 Å². The zero-order chi connectivity index (χ0) is 13.7. The Kier molecular flexibility index (Phi) is 4.18. The van der Waals surface area contributed by atoms with Crippen molar-refractivity contribution in [1.29, 1.82) is 0 Å². The van der Waals surface area contributed by atoms with Gasteiger partial charge in [-0.25, -0.2) is 0 Å². The van der Waals surface area contributed by atoms with Crippen molar-refractivity contribution < 1.29 is 9.94 Å². The summed E-state index contributed by atoms with van der Waals surface area (Å²) in [4.78, 5) is 0. The van der Waals surface area contributed by atoms with E-state index >= 15 is 0 Å². The summed E-state index contributed by atoms with van der Waals surface area (Å²) in [6, 6.07) is 15.6. The first-order valence-electron chi connectivity index (χ1n) is 6.14. The lowest BCUT2D eigenvalue weighted by atomic mass is 10.0. The Bertz CT molecular complexity index is 577. The molecule has 0 aliphatic carbocycles. The molecule has 2 aromatic rings. The molecule has 0 spiro atoms. The van der Waals surface area contributed by atoms with Gasteiger partial charge in [0, 0.05) is 12.0 Å². The molecule has 0 saturated heterocycles.